The summed E-state index contributed by atoms with van der Waals surface area (Å²) < 4.78 is 74.9. The van der Waals surface area contributed by atoms with Crippen LogP contribution in [0.4, 0.5) is 22.0 Å². The fraction of sp³-hybridized carbons (Fsp3) is 0.200. The molecule has 3 N–H and O–H groups in total. The number of carbonyl (C=O) groups is 2. The quantitative estimate of drug-likeness (QED) is 0.178. The molecular formula is C30H24F5N5O6. The van der Waals surface area contributed by atoms with Crippen molar-refractivity contribution in [3.63, 3.8) is 0 Å². The first-order valence-electron chi connectivity index (χ1n) is 13.5. The Balaban J connectivity index is 0.000000537. The van der Waals surface area contributed by atoms with Crippen LogP contribution in [0.15, 0.2) is 64.4 Å². The minimum atomic E-state index is -5.19. The highest BCUT2D eigenvalue weighted by molar-refractivity contribution is 6.17. The number of nitrogens with one attached hydrogen (secondary N) is 3. The second-order valence-electron chi connectivity index (χ2n) is 10.4. The molecule has 0 spiro atoms. The molecule has 0 atom stereocenters. The Morgan fingerprint density at radius 2 is 1.85 bits per heavy atom. The predicted octanol–water partition coefficient (Wildman–Crippen LogP) is 2.55. The van der Waals surface area contributed by atoms with Crippen LogP contribution in [0.5, 0.6) is 0 Å². The van der Waals surface area contributed by atoms with Gasteiger partial charge in [-0.3, -0.25) is 4.79 Å². The average Bonchev–Trinajstić information content (AvgIpc) is 3.71. The number of aromatic amines is 2. The number of carboxylic acid groups (broad SMARTS) is 1. The number of rotatable bonds is 7. The highest BCUT2D eigenvalue weighted by Crippen LogP contribution is 2.40. The SMILES string of the molecule is C[NH+](C)CCOC(=O)c1c(-c2ccc[nH]c2=O)c2c3occc3c(F)cc2n1Cc1cc2[nH]cnc2cc1F.O=C([O-])C(F)(F)F. The Kier molecular flexibility index (Phi) is 8.65. The van der Waals surface area contributed by atoms with Gasteiger partial charge in [0.05, 0.1) is 66.1 Å². The van der Waals surface area contributed by atoms with Crippen molar-refractivity contribution in [1.29, 1.82) is 0 Å². The molecule has 6 rings (SSSR count). The molecule has 0 bridgehead atoms. The number of ether oxygens (including phenoxy) is 1. The first-order chi connectivity index (χ1) is 21.8. The summed E-state index contributed by atoms with van der Waals surface area (Å²) >= 11 is 0. The molecule has 46 heavy (non-hydrogen) atoms. The van der Waals surface area contributed by atoms with E-state index in [2.05, 4.69) is 15.0 Å². The Labute approximate surface area is 254 Å². The lowest BCUT2D eigenvalue weighted by molar-refractivity contribution is -0.858. The maximum atomic E-state index is 15.3. The molecule has 0 unspecified atom stereocenters. The van der Waals surface area contributed by atoms with Crippen molar-refractivity contribution in [2.75, 3.05) is 27.2 Å². The van der Waals surface area contributed by atoms with Gasteiger partial charge in [-0.1, -0.05) is 0 Å². The van der Waals surface area contributed by atoms with Crippen LogP contribution in [0.25, 0.3) is 44.0 Å². The number of H-pyrrole nitrogens is 2. The standard InChI is InChI=1S/C28H23F2N5O4.C2HF3O2/c1-34(2)7-9-39-28(37)25-23(17-4-3-6-31-27(17)36)24-22(12-19(30)16-5-8-38-26(16)24)35(25)13-15-10-20-21(11-18(15)29)33-14-32-20;3-2(4,5)1(6)7/h3-6,8,10-12,14H,7,9,13H2,1-2H3,(H,31,36)(H,32,33);(H,6,7). The molecule has 0 aliphatic rings. The zero-order valence-corrected chi connectivity index (χ0v) is 24.1. The van der Waals surface area contributed by atoms with Crippen LogP contribution in [0, 0.1) is 11.6 Å². The molecule has 4 aromatic heterocycles. The summed E-state index contributed by atoms with van der Waals surface area (Å²) in [6, 6.07) is 8.81. The number of carboxylic acids is 1. The number of nitrogens with zero attached hydrogens (tertiary/aromatic N) is 2. The summed E-state index contributed by atoms with van der Waals surface area (Å²) in [5.74, 6) is -4.87. The molecule has 2 aromatic carbocycles. The van der Waals surface area contributed by atoms with Crippen LogP contribution < -0.4 is 15.6 Å². The van der Waals surface area contributed by atoms with Crippen LogP contribution in [0.2, 0.25) is 0 Å². The number of furan rings is 1. The topological polar surface area (TPSA) is 150 Å². The lowest BCUT2D eigenvalue weighted by Gasteiger charge is -2.14. The van der Waals surface area contributed by atoms with E-state index >= 15 is 8.78 Å². The van der Waals surface area contributed by atoms with Gasteiger partial charge in [0.2, 0.25) is 0 Å². The van der Waals surface area contributed by atoms with Crippen molar-refractivity contribution in [2.45, 2.75) is 12.7 Å². The van der Waals surface area contributed by atoms with E-state index in [4.69, 9.17) is 19.1 Å². The van der Waals surface area contributed by atoms with E-state index < -0.39 is 35.3 Å². The number of quaternary nitrogens is 1. The van der Waals surface area contributed by atoms with Crippen LogP contribution in [-0.2, 0) is 16.1 Å². The van der Waals surface area contributed by atoms with Gasteiger partial charge in [-0.15, -0.1) is 0 Å². The molecule has 11 nitrogen and oxygen atoms in total. The Morgan fingerprint density at radius 3 is 2.52 bits per heavy atom. The third kappa shape index (κ3) is 6.19. The molecule has 16 heteroatoms. The third-order valence-corrected chi connectivity index (χ3v) is 6.98. The van der Waals surface area contributed by atoms with Crippen molar-refractivity contribution in [2.24, 2.45) is 0 Å². The highest BCUT2D eigenvalue weighted by Gasteiger charge is 2.31. The fourth-order valence-electron chi connectivity index (χ4n) is 4.87. The fourth-order valence-corrected chi connectivity index (χ4v) is 4.87. The first kappa shape index (κ1) is 31.9. The van der Waals surface area contributed by atoms with Crippen LogP contribution >= 0.6 is 0 Å². The number of likely N-dealkylation sites (N-methyl/N-ethyl adjacent to an activating group) is 1. The molecule has 0 aliphatic carbocycles. The van der Waals surface area contributed by atoms with Gasteiger partial charge >= 0.3 is 12.1 Å². The number of pyridine rings is 1. The molecule has 240 valence electrons. The second kappa shape index (κ2) is 12.5. The number of esters is 1. The molecule has 0 aliphatic heterocycles. The summed E-state index contributed by atoms with van der Waals surface area (Å²) in [5.41, 5.74) is 1.60. The van der Waals surface area contributed by atoms with Crippen molar-refractivity contribution < 1.29 is 50.7 Å². The molecule has 0 amide bonds. The van der Waals surface area contributed by atoms with Gasteiger partial charge < -0.3 is 38.5 Å². The lowest BCUT2D eigenvalue weighted by atomic mass is 10.0. The molecule has 0 radical (unpaired) electrons. The molecule has 4 heterocycles. The Bertz CT molecular complexity index is 2140. The maximum Gasteiger partial charge on any atom is 0.430 e. The van der Waals surface area contributed by atoms with Gasteiger partial charge in [0.15, 0.2) is 0 Å². The summed E-state index contributed by atoms with van der Waals surface area (Å²) in [5, 5.41) is 9.32. The number of benzene rings is 2. The van der Waals surface area contributed by atoms with Gasteiger partial charge in [0.1, 0.15) is 42.0 Å². The molecule has 0 saturated heterocycles. The van der Waals surface area contributed by atoms with E-state index in [9.17, 15) is 22.8 Å². The van der Waals surface area contributed by atoms with E-state index in [1.165, 1.54) is 41.6 Å². The number of hydrogen-bond donors (Lipinski definition) is 3. The monoisotopic (exact) mass is 645 g/mol. The van der Waals surface area contributed by atoms with Gasteiger partial charge in [-0.25, -0.2) is 18.6 Å². The van der Waals surface area contributed by atoms with E-state index in [0.29, 0.717) is 23.0 Å². The summed E-state index contributed by atoms with van der Waals surface area (Å²) in [6.45, 7) is 0.485. The lowest BCUT2D eigenvalue weighted by Crippen LogP contribution is -3.06. The molecule has 0 saturated carbocycles. The number of aliphatic carboxylic acids is 1. The zero-order valence-electron chi connectivity index (χ0n) is 24.1. The van der Waals surface area contributed by atoms with Gasteiger partial charge in [-0.05, 0) is 30.3 Å². The highest BCUT2D eigenvalue weighted by atomic mass is 19.4. The maximum absolute atomic E-state index is 15.3. The number of hydrogen-bond acceptors (Lipinski definition) is 7. The van der Waals surface area contributed by atoms with Crippen molar-refractivity contribution >= 4 is 44.8 Å². The third-order valence-electron chi connectivity index (χ3n) is 6.98. The smallest absolute Gasteiger partial charge is 0.430 e. The minimum absolute atomic E-state index is 0.0112. The normalized spacial score (nSPS) is 11.7. The number of carbonyl (C=O) groups excluding carboxylic acids is 2. The second-order valence-corrected chi connectivity index (χ2v) is 10.4. The van der Waals surface area contributed by atoms with E-state index in [-0.39, 0.29) is 52.0 Å². The number of imidazole rings is 1. The molecule has 0 fully saturated rings. The molecular weight excluding hydrogens is 621 g/mol. The van der Waals surface area contributed by atoms with Crippen molar-refractivity contribution in [3.05, 3.63) is 88.4 Å². The van der Waals surface area contributed by atoms with Gasteiger partial charge in [0.25, 0.3) is 5.56 Å². The first-order valence-corrected chi connectivity index (χ1v) is 13.5. The van der Waals surface area contributed by atoms with Crippen LogP contribution in [0.3, 0.4) is 0 Å². The minimum Gasteiger partial charge on any atom is -0.542 e. The average molecular weight is 646 g/mol. The van der Waals surface area contributed by atoms with Crippen molar-refractivity contribution in [1.82, 2.24) is 19.5 Å². The van der Waals surface area contributed by atoms with E-state index in [1.54, 1.807) is 18.2 Å². The number of halogens is 5. The number of aromatic nitrogens is 4. The number of fused-ring (bicyclic) bond motifs is 4. The predicted molar refractivity (Wildman–Crippen MR) is 152 cm³/mol. The van der Waals surface area contributed by atoms with E-state index in [1.807, 2.05) is 14.1 Å². The van der Waals surface area contributed by atoms with Crippen molar-refractivity contribution in [3.8, 4) is 11.1 Å². The number of alkyl halides is 3. The van der Waals surface area contributed by atoms with Gasteiger partial charge in [-0.2, -0.15) is 13.2 Å². The van der Waals surface area contributed by atoms with Crippen LogP contribution in [0.1, 0.15) is 16.1 Å². The summed E-state index contributed by atoms with van der Waals surface area (Å²) in [4.78, 5) is 46.3. The van der Waals surface area contributed by atoms with E-state index in [0.717, 1.165) is 4.90 Å². The summed E-state index contributed by atoms with van der Waals surface area (Å²) in [7, 11) is 3.84. The molecule has 6 aromatic rings. The zero-order chi connectivity index (χ0) is 33.3. The van der Waals surface area contributed by atoms with Gasteiger partial charge in [0, 0.05) is 23.4 Å². The summed E-state index contributed by atoms with van der Waals surface area (Å²) in [6.07, 6.45) is -0.926. The Hall–Kier alpha value is -5.51. The largest absolute Gasteiger partial charge is 0.542 e. The van der Waals surface area contributed by atoms with Crippen LogP contribution in [-0.4, -0.2) is 64.9 Å². The Morgan fingerprint density at radius 1 is 1.11 bits per heavy atom.